The lowest BCUT2D eigenvalue weighted by Gasteiger charge is -2.25. The smallest absolute Gasteiger partial charge is 0.303 e. The summed E-state index contributed by atoms with van der Waals surface area (Å²) in [4.78, 5) is 23.0. The first-order valence-electron chi connectivity index (χ1n) is 6.39. The van der Waals surface area contributed by atoms with E-state index in [1.54, 1.807) is 0 Å². The maximum absolute atomic E-state index is 12.3. The Morgan fingerprint density at radius 3 is 2.70 bits per heavy atom. The summed E-state index contributed by atoms with van der Waals surface area (Å²) in [7, 11) is 0. The maximum Gasteiger partial charge on any atom is 0.303 e. The summed E-state index contributed by atoms with van der Waals surface area (Å²) in [6, 6.07) is 7.75. The molecule has 1 amide bonds. The van der Waals surface area contributed by atoms with Crippen LogP contribution >= 0.6 is 11.3 Å². The zero-order valence-electron chi connectivity index (χ0n) is 11.5. The van der Waals surface area contributed by atoms with Gasteiger partial charge in [0.15, 0.2) is 0 Å². The Morgan fingerprint density at radius 1 is 1.30 bits per heavy atom. The number of aliphatic carboxylic acids is 1. The third-order valence-electron chi connectivity index (χ3n) is 3.14. The molecular weight excluding hydrogens is 274 g/mol. The lowest BCUT2D eigenvalue weighted by molar-refractivity contribution is -0.137. The van der Waals surface area contributed by atoms with E-state index >= 15 is 0 Å². The highest BCUT2D eigenvalue weighted by Crippen LogP contribution is 2.26. The highest BCUT2D eigenvalue weighted by Gasteiger charge is 2.23. The molecule has 2 rings (SSSR count). The van der Waals surface area contributed by atoms with E-state index in [4.69, 9.17) is 5.11 Å². The van der Waals surface area contributed by atoms with Gasteiger partial charge in [0.2, 0.25) is 0 Å². The van der Waals surface area contributed by atoms with Gasteiger partial charge in [0.1, 0.15) is 0 Å². The van der Waals surface area contributed by atoms with Crippen LogP contribution in [0.15, 0.2) is 29.6 Å². The summed E-state index contributed by atoms with van der Waals surface area (Å²) in [5, 5.41) is 14.4. The zero-order valence-corrected chi connectivity index (χ0v) is 12.3. The van der Waals surface area contributed by atoms with Gasteiger partial charge in [-0.3, -0.25) is 9.59 Å². The van der Waals surface area contributed by atoms with Gasteiger partial charge in [-0.15, -0.1) is 11.3 Å². The molecule has 0 bridgehead atoms. The standard InChI is InChI=1S/C15H17NO3S/c1-15(2,8-7-13(17)18)16-14(19)11-9-20-12-6-4-3-5-10(11)12/h3-6,9H,7-8H2,1-2H3,(H,16,19)(H,17,18). The molecule has 0 aliphatic rings. The minimum absolute atomic E-state index is 0.0393. The molecule has 20 heavy (non-hydrogen) atoms. The second-order valence-electron chi connectivity index (χ2n) is 5.38. The van der Waals surface area contributed by atoms with Gasteiger partial charge < -0.3 is 10.4 Å². The Hall–Kier alpha value is -1.88. The van der Waals surface area contributed by atoms with Crippen LogP contribution in [0, 0.1) is 0 Å². The molecule has 1 aromatic carbocycles. The number of carbonyl (C=O) groups is 2. The van der Waals surface area contributed by atoms with Crippen LogP contribution in [-0.2, 0) is 4.79 Å². The lowest BCUT2D eigenvalue weighted by atomic mass is 9.97. The highest BCUT2D eigenvalue weighted by atomic mass is 32.1. The number of carboxylic acids is 1. The van der Waals surface area contributed by atoms with Crippen LogP contribution in [-0.4, -0.2) is 22.5 Å². The number of nitrogens with one attached hydrogen (secondary N) is 1. The number of hydrogen-bond acceptors (Lipinski definition) is 3. The number of benzene rings is 1. The maximum atomic E-state index is 12.3. The molecule has 1 aromatic heterocycles. The van der Waals surface area contributed by atoms with Crippen LogP contribution in [0.3, 0.4) is 0 Å². The van der Waals surface area contributed by atoms with E-state index in [2.05, 4.69) is 5.32 Å². The molecule has 2 N–H and O–H groups in total. The molecule has 0 fully saturated rings. The molecule has 5 heteroatoms. The largest absolute Gasteiger partial charge is 0.481 e. The number of hydrogen-bond donors (Lipinski definition) is 2. The van der Waals surface area contributed by atoms with E-state index in [-0.39, 0.29) is 12.3 Å². The van der Waals surface area contributed by atoms with Crippen LogP contribution in [0.2, 0.25) is 0 Å². The van der Waals surface area contributed by atoms with Crippen molar-refractivity contribution in [2.45, 2.75) is 32.2 Å². The fourth-order valence-corrected chi connectivity index (χ4v) is 2.95. The fraction of sp³-hybridized carbons (Fsp3) is 0.333. The molecule has 0 radical (unpaired) electrons. The molecule has 0 aliphatic carbocycles. The van der Waals surface area contributed by atoms with Crippen molar-refractivity contribution in [1.82, 2.24) is 5.32 Å². The molecule has 1 heterocycles. The molecule has 0 unspecified atom stereocenters. The van der Waals surface area contributed by atoms with E-state index < -0.39 is 11.5 Å². The SMILES string of the molecule is CC(C)(CCC(=O)O)NC(=O)c1csc2ccccc12. The Morgan fingerprint density at radius 2 is 2.00 bits per heavy atom. The Labute approximate surface area is 121 Å². The first kappa shape index (κ1) is 14.5. The minimum Gasteiger partial charge on any atom is -0.481 e. The van der Waals surface area contributed by atoms with Gasteiger partial charge in [0.05, 0.1) is 5.56 Å². The summed E-state index contributed by atoms with van der Waals surface area (Å²) in [5.41, 5.74) is 0.104. The minimum atomic E-state index is -0.853. The van der Waals surface area contributed by atoms with Crippen LogP contribution in [0.25, 0.3) is 10.1 Å². The number of thiophene rings is 1. The van der Waals surface area contributed by atoms with Crippen LogP contribution in [0.1, 0.15) is 37.0 Å². The van der Waals surface area contributed by atoms with Gasteiger partial charge in [-0.25, -0.2) is 0 Å². The van der Waals surface area contributed by atoms with Gasteiger partial charge in [-0.2, -0.15) is 0 Å². The Bertz CT molecular complexity index is 645. The van der Waals surface area contributed by atoms with Crippen LogP contribution < -0.4 is 5.32 Å². The molecule has 0 atom stereocenters. The van der Waals surface area contributed by atoms with Gasteiger partial charge >= 0.3 is 5.97 Å². The predicted octanol–water partition coefficient (Wildman–Crippen LogP) is 3.27. The second kappa shape index (κ2) is 5.63. The molecular formula is C15H17NO3S. The molecule has 2 aromatic rings. The number of rotatable bonds is 5. The summed E-state index contributed by atoms with van der Waals surface area (Å²) in [6.45, 7) is 3.67. The first-order valence-corrected chi connectivity index (χ1v) is 7.27. The van der Waals surface area contributed by atoms with Crippen molar-refractivity contribution in [2.24, 2.45) is 0 Å². The second-order valence-corrected chi connectivity index (χ2v) is 6.29. The quantitative estimate of drug-likeness (QED) is 0.888. The van der Waals surface area contributed by atoms with E-state index in [1.807, 2.05) is 43.5 Å². The zero-order chi connectivity index (χ0) is 14.8. The van der Waals surface area contributed by atoms with Crippen molar-refractivity contribution in [3.63, 3.8) is 0 Å². The highest BCUT2D eigenvalue weighted by molar-refractivity contribution is 7.17. The van der Waals surface area contributed by atoms with Crippen molar-refractivity contribution in [3.05, 3.63) is 35.2 Å². The van der Waals surface area contributed by atoms with Crippen molar-refractivity contribution in [3.8, 4) is 0 Å². The van der Waals surface area contributed by atoms with Crippen LogP contribution in [0.5, 0.6) is 0 Å². The summed E-state index contributed by atoms with van der Waals surface area (Å²) >= 11 is 1.53. The van der Waals surface area contributed by atoms with Crippen molar-refractivity contribution in [1.29, 1.82) is 0 Å². The number of amides is 1. The molecule has 0 spiro atoms. The average molecular weight is 291 g/mol. The third-order valence-corrected chi connectivity index (χ3v) is 4.10. The molecule has 0 saturated heterocycles. The Kier molecular flexibility index (Phi) is 4.09. The predicted molar refractivity (Wildman–Crippen MR) is 80.2 cm³/mol. The number of fused-ring (bicyclic) bond motifs is 1. The van der Waals surface area contributed by atoms with Crippen molar-refractivity contribution >= 4 is 33.3 Å². The molecule has 0 aliphatic heterocycles. The third kappa shape index (κ3) is 3.36. The van der Waals surface area contributed by atoms with Crippen LogP contribution in [0.4, 0.5) is 0 Å². The monoisotopic (exact) mass is 291 g/mol. The summed E-state index contributed by atoms with van der Waals surface area (Å²) in [6.07, 6.45) is 0.438. The topological polar surface area (TPSA) is 66.4 Å². The van der Waals surface area contributed by atoms with E-state index in [1.165, 1.54) is 11.3 Å². The van der Waals surface area contributed by atoms with E-state index in [9.17, 15) is 9.59 Å². The van der Waals surface area contributed by atoms with Crippen molar-refractivity contribution < 1.29 is 14.7 Å². The normalized spacial score (nSPS) is 11.5. The van der Waals surface area contributed by atoms with Gasteiger partial charge in [0.25, 0.3) is 5.91 Å². The number of carbonyl (C=O) groups excluding carboxylic acids is 1. The average Bonchev–Trinajstić information content (AvgIpc) is 2.80. The number of carboxylic acid groups (broad SMARTS) is 1. The Balaban J connectivity index is 2.13. The van der Waals surface area contributed by atoms with Gasteiger partial charge in [0, 0.05) is 27.4 Å². The van der Waals surface area contributed by atoms with Gasteiger partial charge in [-0.05, 0) is 26.3 Å². The molecule has 0 saturated carbocycles. The lowest BCUT2D eigenvalue weighted by Crippen LogP contribution is -2.43. The molecule has 106 valence electrons. The fourth-order valence-electron chi connectivity index (χ4n) is 2.01. The molecule has 4 nitrogen and oxygen atoms in total. The summed E-state index contributed by atoms with van der Waals surface area (Å²) in [5.74, 6) is -1.01. The summed E-state index contributed by atoms with van der Waals surface area (Å²) < 4.78 is 1.07. The van der Waals surface area contributed by atoms with E-state index in [0.717, 1.165) is 10.1 Å². The van der Waals surface area contributed by atoms with Crippen molar-refractivity contribution in [2.75, 3.05) is 0 Å². The van der Waals surface area contributed by atoms with Gasteiger partial charge in [-0.1, -0.05) is 18.2 Å². The van der Waals surface area contributed by atoms with E-state index in [0.29, 0.717) is 12.0 Å². The first-order chi connectivity index (χ1) is 9.39.